The maximum Gasteiger partial charge on any atom is 0.338 e. The Labute approximate surface area is 132 Å². The molecule has 7 heteroatoms. The number of esters is 1. The van der Waals surface area contributed by atoms with Crippen LogP contribution >= 0.6 is 0 Å². The smallest absolute Gasteiger partial charge is 0.338 e. The molecule has 0 radical (unpaired) electrons. The van der Waals surface area contributed by atoms with E-state index in [-0.39, 0.29) is 16.0 Å². The topological polar surface area (TPSA) is 60.4 Å². The van der Waals surface area contributed by atoms with E-state index in [0.717, 1.165) is 24.5 Å². The lowest BCUT2D eigenvalue weighted by Gasteiger charge is -2.14. The quantitative estimate of drug-likeness (QED) is 0.802. The Morgan fingerprint density at radius 2 is 1.70 bits per heavy atom. The van der Waals surface area contributed by atoms with Gasteiger partial charge in [0.1, 0.15) is 17.7 Å². The van der Waals surface area contributed by atoms with Crippen LogP contribution in [0.3, 0.4) is 0 Å². The van der Waals surface area contributed by atoms with Gasteiger partial charge >= 0.3 is 5.97 Å². The van der Waals surface area contributed by atoms with E-state index in [2.05, 4.69) is 0 Å². The first-order valence-corrected chi connectivity index (χ1v) is 8.53. The lowest BCUT2D eigenvalue weighted by Crippen LogP contribution is -2.11. The molecule has 0 aromatic heterocycles. The van der Waals surface area contributed by atoms with Gasteiger partial charge in [0.15, 0.2) is 9.84 Å². The Kier molecular flexibility index (Phi) is 4.79. The highest BCUT2D eigenvalue weighted by Gasteiger charge is 2.18. The molecule has 23 heavy (non-hydrogen) atoms. The molecule has 0 aliphatic carbocycles. The second-order valence-corrected chi connectivity index (χ2v) is 7.03. The standard InChI is InChI=1S/C16H14F2O4S/c1-10(14-9-12(17)5-8-15(14)18)22-16(19)11-3-6-13(7-4-11)23(2,20)21/h3-10H,1-2H3/t10-/m0/s1. The van der Waals surface area contributed by atoms with Crippen LogP contribution in [0.5, 0.6) is 0 Å². The highest BCUT2D eigenvalue weighted by atomic mass is 32.2. The number of hydrogen-bond donors (Lipinski definition) is 0. The third-order valence-electron chi connectivity index (χ3n) is 3.20. The molecule has 0 saturated carbocycles. The lowest BCUT2D eigenvalue weighted by atomic mass is 10.1. The number of benzene rings is 2. The van der Waals surface area contributed by atoms with Crippen LogP contribution in [0.1, 0.15) is 28.9 Å². The summed E-state index contributed by atoms with van der Waals surface area (Å²) >= 11 is 0. The van der Waals surface area contributed by atoms with E-state index in [0.29, 0.717) is 0 Å². The van der Waals surface area contributed by atoms with Gasteiger partial charge in [-0.25, -0.2) is 22.0 Å². The molecule has 0 heterocycles. The number of hydrogen-bond acceptors (Lipinski definition) is 4. The summed E-state index contributed by atoms with van der Waals surface area (Å²) in [5, 5.41) is 0. The van der Waals surface area contributed by atoms with E-state index in [4.69, 9.17) is 4.74 Å². The molecule has 0 amide bonds. The monoisotopic (exact) mass is 340 g/mol. The average molecular weight is 340 g/mol. The normalized spacial score (nSPS) is 12.7. The fourth-order valence-electron chi connectivity index (χ4n) is 1.96. The molecule has 2 aromatic rings. The Morgan fingerprint density at radius 3 is 2.26 bits per heavy atom. The lowest BCUT2D eigenvalue weighted by molar-refractivity contribution is 0.0330. The molecule has 0 spiro atoms. The minimum absolute atomic E-state index is 0.0678. The fraction of sp³-hybridized carbons (Fsp3) is 0.188. The highest BCUT2D eigenvalue weighted by Crippen LogP contribution is 2.23. The molecule has 1 atom stereocenters. The number of rotatable bonds is 4. The summed E-state index contributed by atoms with van der Waals surface area (Å²) in [6, 6.07) is 8.03. The predicted octanol–water partition coefficient (Wildman–Crippen LogP) is 3.29. The zero-order valence-electron chi connectivity index (χ0n) is 12.4. The van der Waals surface area contributed by atoms with Crippen LogP contribution in [0.15, 0.2) is 47.4 Å². The van der Waals surface area contributed by atoms with Gasteiger partial charge in [0.25, 0.3) is 0 Å². The summed E-state index contributed by atoms with van der Waals surface area (Å²) in [6.07, 6.45) is 0.0579. The molecule has 4 nitrogen and oxygen atoms in total. The van der Waals surface area contributed by atoms with Crippen molar-refractivity contribution in [3.05, 3.63) is 65.2 Å². The van der Waals surface area contributed by atoms with E-state index in [1.807, 2.05) is 0 Å². The second-order valence-electron chi connectivity index (χ2n) is 5.01. The fourth-order valence-corrected chi connectivity index (χ4v) is 2.59. The molecule has 2 aromatic carbocycles. The van der Waals surface area contributed by atoms with Crippen LogP contribution in [0.4, 0.5) is 8.78 Å². The van der Waals surface area contributed by atoms with Gasteiger partial charge in [0, 0.05) is 11.8 Å². The summed E-state index contributed by atoms with van der Waals surface area (Å²) < 4.78 is 54.6. The SMILES string of the molecule is C[C@H](OC(=O)c1ccc(S(C)(=O)=O)cc1)c1cc(F)ccc1F. The molecule has 0 saturated heterocycles. The van der Waals surface area contributed by atoms with Crippen molar-refractivity contribution in [1.29, 1.82) is 0 Å². The van der Waals surface area contributed by atoms with E-state index in [1.165, 1.54) is 31.2 Å². The van der Waals surface area contributed by atoms with E-state index in [1.54, 1.807) is 0 Å². The first-order chi connectivity index (χ1) is 10.7. The molecular formula is C16H14F2O4S. The van der Waals surface area contributed by atoms with Crippen molar-refractivity contribution in [3.63, 3.8) is 0 Å². The summed E-state index contributed by atoms with van der Waals surface area (Å²) in [5.41, 5.74) is 0.0344. The van der Waals surface area contributed by atoms with E-state index in [9.17, 15) is 22.0 Å². The van der Waals surface area contributed by atoms with Crippen molar-refractivity contribution >= 4 is 15.8 Å². The number of carbonyl (C=O) groups is 1. The minimum atomic E-state index is -3.37. The number of carbonyl (C=O) groups excluding carboxylic acids is 1. The largest absolute Gasteiger partial charge is 0.454 e. The van der Waals surface area contributed by atoms with Crippen molar-refractivity contribution in [2.24, 2.45) is 0 Å². The Hall–Kier alpha value is -2.28. The van der Waals surface area contributed by atoms with E-state index < -0.39 is 33.5 Å². The van der Waals surface area contributed by atoms with Crippen LogP contribution in [0.2, 0.25) is 0 Å². The second kappa shape index (κ2) is 6.45. The zero-order chi connectivity index (χ0) is 17.2. The van der Waals surface area contributed by atoms with Crippen molar-refractivity contribution < 1.29 is 26.7 Å². The predicted molar refractivity (Wildman–Crippen MR) is 79.7 cm³/mol. The highest BCUT2D eigenvalue weighted by molar-refractivity contribution is 7.90. The molecule has 0 fully saturated rings. The van der Waals surface area contributed by atoms with Gasteiger partial charge in [-0.3, -0.25) is 0 Å². The molecular weight excluding hydrogens is 326 g/mol. The maximum absolute atomic E-state index is 13.6. The summed E-state index contributed by atoms with van der Waals surface area (Å²) in [4.78, 5) is 12.1. The van der Waals surface area contributed by atoms with Crippen LogP contribution in [0.25, 0.3) is 0 Å². The van der Waals surface area contributed by atoms with Crippen LogP contribution < -0.4 is 0 Å². The maximum atomic E-state index is 13.6. The van der Waals surface area contributed by atoms with Crippen molar-refractivity contribution in [2.75, 3.05) is 6.26 Å². The van der Waals surface area contributed by atoms with E-state index >= 15 is 0 Å². The van der Waals surface area contributed by atoms with Gasteiger partial charge in [0.05, 0.1) is 10.5 Å². The van der Waals surface area contributed by atoms with Crippen LogP contribution in [0, 0.1) is 11.6 Å². The van der Waals surface area contributed by atoms with Crippen LogP contribution in [-0.2, 0) is 14.6 Å². The average Bonchev–Trinajstić information content (AvgIpc) is 2.48. The first-order valence-electron chi connectivity index (χ1n) is 6.64. The van der Waals surface area contributed by atoms with Crippen molar-refractivity contribution in [3.8, 4) is 0 Å². The van der Waals surface area contributed by atoms with Gasteiger partial charge in [-0.15, -0.1) is 0 Å². The molecule has 0 aliphatic heterocycles. The third kappa shape index (κ3) is 4.13. The van der Waals surface area contributed by atoms with Gasteiger partial charge in [-0.2, -0.15) is 0 Å². The van der Waals surface area contributed by atoms with Crippen molar-refractivity contribution in [1.82, 2.24) is 0 Å². The Balaban J connectivity index is 2.17. The van der Waals surface area contributed by atoms with Gasteiger partial charge in [0.2, 0.25) is 0 Å². The Bertz CT molecular complexity index is 830. The van der Waals surface area contributed by atoms with Gasteiger partial charge in [-0.1, -0.05) is 0 Å². The summed E-state index contributed by atoms with van der Waals surface area (Å²) in [7, 11) is -3.37. The Morgan fingerprint density at radius 1 is 1.09 bits per heavy atom. The summed E-state index contributed by atoms with van der Waals surface area (Å²) in [5.74, 6) is -2.08. The minimum Gasteiger partial charge on any atom is -0.454 e. The van der Waals surface area contributed by atoms with Crippen LogP contribution in [-0.4, -0.2) is 20.6 Å². The third-order valence-corrected chi connectivity index (χ3v) is 4.33. The molecule has 0 unspecified atom stereocenters. The zero-order valence-corrected chi connectivity index (χ0v) is 13.2. The molecule has 0 N–H and O–H groups in total. The number of halogens is 2. The van der Waals surface area contributed by atoms with Crippen molar-refractivity contribution in [2.45, 2.75) is 17.9 Å². The number of ether oxygens (including phenoxy) is 1. The van der Waals surface area contributed by atoms with Gasteiger partial charge in [-0.05, 0) is 49.4 Å². The molecule has 0 aliphatic rings. The van der Waals surface area contributed by atoms with Gasteiger partial charge < -0.3 is 4.74 Å². The first kappa shape index (κ1) is 17.1. The molecule has 122 valence electrons. The number of sulfone groups is 1. The molecule has 0 bridgehead atoms. The summed E-state index contributed by atoms with van der Waals surface area (Å²) in [6.45, 7) is 1.42. The molecule has 2 rings (SSSR count).